The molecule has 0 saturated carbocycles. The van der Waals surface area contributed by atoms with E-state index in [9.17, 15) is 13.6 Å². The van der Waals surface area contributed by atoms with Crippen LogP contribution in [0.25, 0.3) is 0 Å². The largest absolute Gasteiger partial charge is 0.345 e. The lowest BCUT2D eigenvalue weighted by Gasteiger charge is -2.14. The number of benzene rings is 2. The molecular formula is C16H15F2NO. The zero-order valence-electron chi connectivity index (χ0n) is 11.3. The summed E-state index contributed by atoms with van der Waals surface area (Å²) in [4.78, 5) is 12.0. The molecule has 0 aliphatic rings. The van der Waals surface area contributed by atoms with Crippen molar-refractivity contribution in [3.63, 3.8) is 0 Å². The van der Waals surface area contributed by atoms with Crippen molar-refractivity contribution in [2.24, 2.45) is 0 Å². The molecule has 1 N–H and O–H groups in total. The molecule has 1 amide bonds. The maximum atomic E-state index is 13.7. The fourth-order valence-electron chi connectivity index (χ4n) is 1.91. The molecule has 0 aromatic heterocycles. The highest BCUT2D eigenvalue weighted by Crippen LogP contribution is 2.15. The number of aryl methyl sites for hydroxylation is 1. The molecule has 2 aromatic carbocycles. The normalized spacial score (nSPS) is 12.0. The Morgan fingerprint density at radius 2 is 1.75 bits per heavy atom. The third kappa shape index (κ3) is 3.20. The van der Waals surface area contributed by atoms with Gasteiger partial charge in [-0.1, -0.05) is 18.2 Å². The zero-order chi connectivity index (χ0) is 14.7. The molecule has 1 unspecified atom stereocenters. The third-order valence-electron chi connectivity index (χ3n) is 3.09. The Hall–Kier alpha value is -2.23. The molecule has 2 rings (SSSR count). The topological polar surface area (TPSA) is 29.1 Å². The van der Waals surface area contributed by atoms with Crippen molar-refractivity contribution in [3.8, 4) is 0 Å². The monoisotopic (exact) mass is 275 g/mol. The minimum atomic E-state index is -0.547. The molecule has 0 spiro atoms. The summed E-state index contributed by atoms with van der Waals surface area (Å²) >= 11 is 0. The molecule has 20 heavy (non-hydrogen) atoms. The number of nitrogens with one attached hydrogen (secondary N) is 1. The van der Waals surface area contributed by atoms with Crippen molar-refractivity contribution in [2.75, 3.05) is 0 Å². The van der Waals surface area contributed by atoms with E-state index < -0.39 is 11.7 Å². The Labute approximate surface area is 116 Å². The summed E-state index contributed by atoms with van der Waals surface area (Å²) in [6, 6.07) is 9.95. The summed E-state index contributed by atoms with van der Waals surface area (Å²) in [5, 5.41) is 2.69. The summed E-state index contributed by atoms with van der Waals surface area (Å²) in [5.74, 6) is -1.37. The van der Waals surface area contributed by atoms with Gasteiger partial charge in [0.1, 0.15) is 11.6 Å². The van der Waals surface area contributed by atoms with Gasteiger partial charge in [-0.3, -0.25) is 4.79 Å². The molecule has 4 heteroatoms. The van der Waals surface area contributed by atoms with Gasteiger partial charge in [-0.25, -0.2) is 8.78 Å². The zero-order valence-corrected chi connectivity index (χ0v) is 11.3. The highest BCUT2D eigenvalue weighted by Gasteiger charge is 2.15. The Balaban J connectivity index is 2.13. The predicted octanol–water partition coefficient (Wildman–Crippen LogP) is 3.76. The van der Waals surface area contributed by atoms with Crippen molar-refractivity contribution in [2.45, 2.75) is 19.9 Å². The van der Waals surface area contributed by atoms with Crippen LogP contribution in [0.15, 0.2) is 42.5 Å². The van der Waals surface area contributed by atoms with Gasteiger partial charge in [0.25, 0.3) is 5.91 Å². The van der Waals surface area contributed by atoms with E-state index in [1.165, 1.54) is 24.3 Å². The van der Waals surface area contributed by atoms with Crippen LogP contribution in [0.3, 0.4) is 0 Å². The second-order valence-electron chi connectivity index (χ2n) is 4.73. The van der Waals surface area contributed by atoms with Crippen LogP contribution in [0.4, 0.5) is 8.78 Å². The average Bonchev–Trinajstić information content (AvgIpc) is 2.39. The SMILES string of the molecule is Cc1ccc(C(=O)NC(C)c2ccc(F)cc2)c(F)c1. The maximum Gasteiger partial charge on any atom is 0.254 e. The molecule has 104 valence electrons. The summed E-state index contributed by atoms with van der Waals surface area (Å²) in [6.07, 6.45) is 0. The fraction of sp³-hybridized carbons (Fsp3) is 0.188. The highest BCUT2D eigenvalue weighted by molar-refractivity contribution is 5.94. The highest BCUT2D eigenvalue weighted by atomic mass is 19.1. The van der Waals surface area contributed by atoms with Crippen LogP contribution in [0.5, 0.6) is 0 Å². The van der Waals surface area contributed by atoms with Gasteiger partial charge in [-0.05, 0) is 49.2 Å². The Kier molecular flexibility index (Phi) is 4.13. The van der Waals surface area contributed by atoms with Gasteiger partial charge in [0.05, 0.1) is 11.6 Å². The van der Waals surface area contributed by atoms with E-state index >= 15 is 0 Å². The van der Waals surface area contributed by atoms with Gasteiger partial charge >= 0.3 is 0 Å². The Bertz CT molecular complexity index is 623. The summed E-state index contributed by atoms with van der Waals surface area (Å²) in [5.41, 5.74) is 1.52. The van der Waals surface area contributed by atoms with Crippen LogP contribution in [-0.2, 0) is 0 Å². The van der Waals surface area contributed by atoms with Crippen molar-refractivity contribution >= 4 is 5.91 Å². The smallest absolute Gasteiger partial charge is 0.254 e. The van der Waals surface area contributed by atoms with E-state index in [4.69, 9.17) is 0 Å². The quantitative estimate of drug-likeness (QED) is 0.907. The number of carbonyl (C=O) groups is 1. The molecule has 0 bridgehead atoms. The van der Waals surface area contributed by atoms with Crippen molar-refractivity contribution < 1.29 is 13.6 Å². The van der Waals surface area contributed by atoms with E-state index in [1.54, 1.807) is 32.0 Å². The number of halogens is 2. The number of hydrogen-bond acceptors (Lipinski definition) is 1. The van der Waals surface area contributed by atoms with E-state index in [1.807, 2.05) is 0 Å². The predicted molar refractivity (Wildman–Crippen MR) is 73.4 cm³/mol. The maximum absolute atomic E-state index is 13.7. The van der Waals surface area contributed by atoms with E-state index in [0.717, 1.165) is 11.1 Å². The first-order chi connectivity index (χ1) is 9.47. The lowest BCUT2D eigenvalue weighted by molar-refractivity contribution is 0.0936. The number of rotatable bonds is 3. The first-order valence-electron chi connectivity index (χ1n) is 6.30. The van der Waals surface area contributed by atoms with E-state index in [2.05, 4.69) is 5.32 Å². The fourth-order valence-corrected chi connectivity index (χ4v) is 1.91. The average molecular weight is 275 g/mol. The standard InChI is InChI=1S/C16H15F2NO/c1-10-3-8-14(15(18)9-10)16(20)19-11(2)12-4-6-13(17)7-5-12/h3-9,11H,1-2H3,(H,19,20). The Morgan fingerprint density at radius 1 is 1.10 bits per heavy atom. The molecule has 0 aliphatic heterocycles. The van der Waals surface area contributed by atoms with Gasteiger partial charge < -0.3 is 5.32 Å². The molecule has 0 heterocycles. The molecule has 0 fully saturated rings. The summed E-state index contributed by atoms with van der Waals surface area (Å²) < 4.78 is 26.5. The summed E-state index contributed by atoms with van der Waals surface area (Å²) in [7, 11) is 0. The van der Waals surface area contributed by atoms with E-state index in [-0.39, 0.29) is 17.4 Å². The molecule has 2 aromatic rings. The van der Waals surface area contributed by atoms with Gasteiger partial charge in [0.2, 0.25) is 0 Å². The molecular weight excluding hydrogens is 260 g/mol. The lowest BCUT2D eigenvalue weighted by atomic mass is 10.1. The lowest BCUT2D eigenvalue weighted by Crippen LogP contribution is -2.27. The van der Waals surface area contributed by atoms with Crippen LogP contribution in [0.1, 0.15) is 34.5 Å². The van der Waals surface area contributed by atoms with Crippen LogP contribution in [-0.4, -0.2) is 5.91 Å². The molecule has 0 aliphatic carbocycles. The number of hydrogen-bond donors (Lipinski definition) is 1. The van der Waals surface area contributed by atoms with Crippen LogP contribution in [0.2, 0.25) is 0 Å². The van der Waals surface area contributed by atoms with Crippen molar-refractivity contribution in [3.05, 3.63) is 70.8 Å². The molecule has 0 saturated heterocycles. The number of amides is 1. The molecule has 1 atom stereocenters. The summed E-state index contributed by atoms with van der Waals surface area (Å²) in [6.45, 7) is 3.52. The van der Waals surface area contributed by atoms with Gasteiger partial charge in [0.15, 0.2) is 0 Å². The van der Waals surface area contributed by atoms with Crippen LogP contribution >= 0.6 is 0 Å². The minimum Gasteiger partial charge on any atom is -0.345 e. The molecule has 2 nitrogen and oxygen atoms in total. The Morgan fingerprint density at radius 3 is 2.35 bits per heavy atom. The van der Waals surface area contributed by atoms with Crippen LogP contribution < -0.4 is 5.32 Å². The van der Waals surface area contributed by atoms with Gasteiger partial charge in [-0.15, -0.1) is 0 Å². The van der Waals surface area contributed by atoms with Crippen molar-refractivity contribution in [1.82, 2.24) is 5.32 Å². The third-order valence-corrected chi connectivity index (χ3v) is 3.09. The molecule has 0 radical (unpaired) electrons. The van der Waals surface area contributed by atoms with Gasteiger partial charge in [-0.2, -0.15) is 0 Å². The first-order valence-corrected chi connectivity index (χ1v) is 6.30. The minimum absolute atomic E-state index is 0.00422. The second-order valence-corrected chi connectivity index (χ2v) is 4.73. The second kappa shape index (κ2) is 5.82. The van der Waals surface area contributed by atoms with E-state index in [0.29, 0.717) is 0 Å². The van der Waals surface area contributed by atoms with Crippen LogP contribution in [0, 0.1) is 18.6 Å². The van der Waals surface area contributed by atoms with Crippen molar-refractivity contribution in [1.29, 1.82) is 0 Å². The first kappa shape index (κ1) is 14.2. The number of carbonyl (C=O) groups excluding carboxylic acids is 1. The van der Waals surface area contributed by atoms with Gasteiger partial charge in [0, 0.05) is 0 Å².